The molecule has 0 aliphatic carbocycles. The Balaban J connectivity index is 1.64. The number of ether oxygens (including phenoxy) is 1. The number of rotatable bonds is 8. The monoisotopic (exact) mass is 486 g/mol. The number of nitrogens with zero attached hydrogens (tertiary/aromatic N) is 2. The van der Waals surface area contributed by atoms with Crippen molar-refractivity contribution in [3.8, 4) is 11.5 Å². The summed E-state index contributed by atoms with van der Waals surface area (Å²) in [6, 6.07) is 20.4. The third kappa shape index (κ3) is 5.42. The molecule has 2 N–H and O–H groups in total. The van der Waals surface area contributed by atoms with Crippen LogP contribution in [0.5, 0.6) is 11.5 Å². The molecule has 186 valence electrons. The average Bonchev–Trinajstić information content (AvgIpc) is 3.11. The fraction of sp³-hybridized carbons (Fsp3) is 0.241. The molecule has 1 aliphatic rings. The number of carbonyl (C=O) groups is 2. The van der Waals surface area contributed by atoms with Crippen LogP contribution in [0.4, 0.5) is 0 Å². The first-order valence-corrected chi connectivity index (χ1v) is 11.8. The molecule has 4 rings (SSSR count). The van der Waals surface area contributed by atoms with Gasteiger partial charge >= 0.3 is 0 Å². The number of aliphatic hydroxyl groups excluding tert-OH is 1. The number of aryl methyl sites for hydroxylation is 1. The van der Waals surface area contributed by atoms with Gasteiger partial charge in [0.15, 0.2) is 0 Å². The third-order valence-electron chi connectivity index (χ3n) is 6.13. The lowest BCUT2D eigenvalue weighted by molar-refractivity contribution is -0.140. The molecule has 0 spiro atoms. The molecule has 1 heterocycles. The van der Waals surface area contributed by atoms with Gasteiger partial charge in [-0.15, -0.1) is 0 Å². The number of hydrogen-bond donors (Lipinski definition) is 2. The highest BCUT2D eigenvalue weighted by Crippen LogP contribution is 2.40. The number of aliphatic hydroxyl groups is 1. The molecule has 0 bridgehead atoms. The van der Waals surface area contributed by atoms with Crippen LogP contribution in [0.1, 0.15) is 28.3 Å². The second-order valence-electron chi connectivity index (χ2n) is 9.19. The summed E-state index contributed by atoms with van der Waals surface area (Å²) in [5.41, 5.74) is 3.14. The molecule has 1 aliphatic heterocycles. The van der Waals surface area contributed by atoms with E-state index in [1.165, 1.54) is 17.0 Å². The summed E-state index contributed by atoms with van der Waals surface area (Å²) in [5, 5.41) is 21.2. The topological polar surface area (TPSA) is 90.3 Å². The van der Waals surface area contributed by atoms with Crippen molar-refractivity contribution in [3.63, 3.8) is 0 Å². The van der Waals surface area contributed by atoms with Gasteiger partial charge in [0, 0.05) is 18.7 Å². The van der Waals surface area contributed by atoms with E-state index in [1.807, 2.05) is 44.1 Å². The van der Waals surface area contributed by atoms with Crippen molar-refractivity contribution in [3.05, 3.63) is 101 Å². The summed E-state index contributed by atoms with van der Waals surface area (Å²) in [6.07, 6.45) is 0. The summed E-state index contributed by atoms with van der Waals surface area (Å²) < 4.78 is 5.86. The molecule has 3 aromatic rings. The van der Waals surface area contributed by atoms with Crippen molar-refractivity contribution < 1.29 is 24.5 Å². The van der Waals surface area contributed by atoms with Crippen molar-refractivity contribution >= 4 is 17.4 Å². The minimum absolute atomic E-state index is 0.00205. The molecule has 36 heavy (non-hydrogen) atoms. The maximum atomic E-state index is 13.1. The number of Topliss-reactive ketones (excluding diaryl/α,β-unsaturated/α-hetero) is 1. The van der Waals surface area contributed by atoms with Crippen LogP contribution in [0.25, 0.3) is 5.76 Å². The molecule has 3 aromatic carbocycles. The largest absolute Gasteiger partial charge is 0.508 e. The molecule has 0 aromatic heterocycles. The van der Waals surface area contributed by atoms with Gasteiger partial charge in [-0.1, -0.05) is 42.0 Å². The Morgan fingerprint density at radius 3 is 2.39 bits per heavy atom. The summed E-state index contributed by atoms with van der Waals surface area (Å²) in [6.45, 7) is 3.26. The predicted octanol–water partition coefficient (Wildman–Crippen LogP) is 4.26. The van der Waals surface area contributed by atoms with Gasteiger partial charge in [0.2, 0.25) is 0 Å². The first-order valence-electron chi connectivity index (χ1n) is 11.8. The number of phenols is 1. The van der Waals surface area contributed by atoms with E-state index in [2.05, 4.69) is 6.07 Å². The zero-order valence-electron chi connectivity index (χ0n) is 20.6. The summed E-state index contributed by atoms with van der Waals surface area (Å²) >= 11 is 0. The lowest BCUT2D eigenvalue weighted by Crippen LogP contribution is -2.35. The Morgan fingerprint density at radius 2 is 1.72 bits per heavy atom. The smallest absolute Gasteiger partial charge is 0.295 e. The molecule has 1 atom stereocenters. The molecule has 7 heteroatoms. The Hall–Kier alpha value is -4.10. The minimum Gasteiger partial charge on any atom is -0.508 e. The van der Waals surface area contributed by atoms with E-state index >= 15 is 0 Å². The van der Waals surface area contributed by atoms with Crippen LogP contribution in [0.3, 0.4) is 0 Å². The van der Waals surface area contributed by atoms with Crippen LogP contribution in [0.2, 0.25) is 0 Å². The number of ketones is 1. The molecular formula is C29H30N2O5. The number of aromatic hydroxyl groups is 1. The summed E-state index contributed by atoms with van der Waals surface area (Å²) in [4.78, 5) is 29.4. The van der Waals surface area contributed by atoms with Gasteiger partial charge in [0.25, 0.3) is 11.7 Å². The normalized spacial score (nSPS) is 17.1. The van der Waals surface area contributed by atoms with Gasteiger partial charge in [-0.05, 0) is 68.5 Å². The number of phenolic OH excluding ortho intramolecular Hbond substituents is 1. The highest BCUT2D eigenvalue weighted by molar-refractivity contribution is 6.46. The van der Waals surface area contributed by atoms with Gasteiger partial charge < -0.3 is 24.7 Å². The highest BCUT2D eigenvalue weighted by atomic mass is 16.5. The standard InChI is InChI=1S/C29H30N2O5/c1-19-6-4-7-20(16-19)18-36-24-12-10-21(11-13-24)27(33)25-26(22-8-5-9-23(32)17-22)31(15-14-30(2)3)29(35)28(25)34/h4-13,16-17,26,32-33H,14-15,18H2,1-3H3. The second kappa shape index (κ2) is 10.7. The van der Waals surface area contributed by atoms with Gasteiger partial charge in [0.05, 0.1) is 11.6 Å². The Labute approximate surface area is 210 Å². The van der Waals surface area contributed by atoms with E-state index in [0.29, 0.717) is 36.6 Å². The van der Waals surface area contributed by atoms with Crippen LogP contribution in [0, 0.1) is 6.92 Å². The van der Waals surface area contributed by atoms with E-state index in [1.54, 1.807) is 36.4 Å². The highest BCUT2D eigenvalue weighted by Gasteiger charge is 2.46. The zero-order chi connectivity index (χ0) is 25.8. The average molecular weight is 487 g/mol. The molecule has 7 nitrogen and oxygen atoms in total. The van der Waals surface area contributed by atoms with Crippen molar-refractivity contribution in [2.45, 2.75) is 19.6 Å². The van der Waals surface area contributed by atoms with Crippen LogP contribution in [-0.2, 0) is 16.2 Å². The SMILES string of the molecule is Cc1cccc(COc2ccc(C(O)=C3C(=O)C(=O)N(CCN(C)C)C3c3cccc(O)c3)cc2)c1. The number of carbonyl (C=O) groups excluding carboxylic acids is 2. The maximum absolute atomic E-state index is 13.1. The first kappa shape index (κ1) is 25.0. The minimum atomic E-state index is -0.811. The quantitative estimate of drug-likeness (QED) is 0.281. The van der Waals surface area contributed by atoms with Crippen LogP contribution in [-0.4, -0.2) is 58.9 Å². The van der Waals surface area contributed by atoms with Gasteiger partial charge in [-0.3, -0.25) is 9.59 Å². The maximum Gasteiger partial charge on any atom is 0.295 e. The molecule has 0 saturated carbocycles. The van der Waals surface area contributed by atoms with E-state index in [0.717, 1.165) is 11.1 Å². The van der Waals surface area contributed by atoms with Crippen LogP contribution >= 0.6 is 0 Å². The number of likely N-dealkylation sites (N-methyl/N-ethyl adjacent to an activating group) is 1. The second-order valence-corrected chi connectivity index (χ2v) is 9.19. The summed E-state index contributed by atoms with van der Waals surface area (Å²) in [5.74, 6) is -1.06. The van der Waals surface area contributed by atoms with E-state index in [-0.39, 0.29) is 17.1 Å². The number of benzene rings is 3. The van der Waals surface area contributed by atoms with Crippen LogP contribution in [0.15, 0.2) is 78.4 Å². The van der Waals surface area contributed by atoms with Crippen molar-refractivity contribution in [2.24, 2.45) is 0 Å². The third-order valence-corrected chi connectivity index (χ3v) is 6.13. The van der Waals surface area contributed by atoms with E-state index in [9.17, 15) is 19.8 Å². The molecule has 1 amide bonds. The molecular weight excluding hydrogens is 456 g/mol. The molecule has 1 unspecified atom stereocenters. The van der Waals surface area contributed by atoms with Gasteiger partial charge in [0.1, 0.15) is 23.9 Å². The fourth-order valence-corrected chi connectivity index (χ4v) is 4.29. The zero-order valence-corrected chi connectivity index (χ0v) is 20.6. The fourth-order valence-electron chi connectivity index (χ4n) is 4.29. The van der Waals surface area contributed by atoms with Crippen molar-refractivity contribution in [2.75, 3.05) is 27.2 Å². The van der Waals surface area contributed by atoms with Crippen molar-refractivity contribution in [1.29, 1.82) is 0 Å². The number of hydrogen-bond acceptors (Lipinski definition) is 6. The molecule has 1 fully saturated rings. The van der Waals surface area contributed by atoms with Crippen LogP contribution < -0.4 is 4.74 Å². The number of amides is 1. The van der Waals surface area contributed by atoms with Gasteiger partial charge in [-0.2, -0.15) is 0 Å². The predicted molar refractivity (Wildman–Crippen MR) is 138 cm³/mol. The van der Waals surface area contributed by atoms with Gasteiger partial charge in [-0.25, -0.2) is 0 Å². The molecule has 1 saturated heterocycles. The van der Waals surface area contributed by atoms with Crippen molar-refractivity contribution in [1.82, 2.24) is 9.80 Å². The number of likely N-dealkylation sites (tertiary alicyclic amines) is 1. The Kier molecular flexibility index (Phi) is 7.41. The summed E-state index contributed by atoms with van der Waals surface area (Å²) in [7, 11) is 3.76. The Bertz CT molecular complexity index is 1300. The first-order chi connectivity index (χ1) is 17.2. The van der Waals surface area contributed by atoms with E-state index < -0.39 is 17.7 Å². The Morgan fingerprint density at radius 1 is 1.00 bits per heavy atom. The lowest BCUT2D eigenvalue weighted by Gasteiger charge is -2.26. The van der Waals surface area contributed by atoms with E-state index in [4.69, 9.17) is 4.74 Å². The lowest BCUT2D eigenvalue weighted by atomic mass is 9.95. The molecule has 0 radical (unpaired) electrons.